The average Bonchev–Trinajstić information content (AvgIpc) is 2.86. The van der Waals surface area contributed by atoms with Crippen LogP contribution in [-0.4, -0.2) is 76.1 Å². The number of esters is 1. The lowest BCUT2D eigenvalue weighted by molar-refractivity contribution is 0.0139. The first kappa shape index (κ1) is 29.5. The minimum absolute atomic E-state index is 0.134. The predicted molar refractivity (Wildman–Crippen MR) is 144 cm³/mol. The van der Waals surface area contributed by atoms with Crippen molar-refractivity contribution in [3.63, 3.8) is 0 Å². The smallest absolute Gasteiger partial charge is 0.410 e. The van der Waals surface area contributed by atoms with Crippen molar-refractivity contribution in [2.24, 2.45) is 0 Å². The van der Waals surface area contributed by atoms with Gasteiger partial charge in [-0.3, -0.25) is 13.8 Å². The molecular weight excluding hydrogens is 513 g/mol. The van der Waals surface area contributed by atoms with Crippen molar-refractivity contribution in [1.29, 1.82) is 0 Å². The SMILES string of the molecule is COC(=O)c1ccc(CCCN(c2cccc(CN3CCN(C(=O)OC(C)(C)C)CC3)c2)S(=O)O)c(F)c1. The van der Waals surface area contributed by atoms with Crippen molar-refractivity contribution in [2.75, 3.05) is 44.1 Å². The number of rotatable bonds is 9. The van der Waals surface area contributed by atoms with Gasteiger partial charge in [0.25, 0.3) is 11.3 Å². The fraction of sp³-hybridized carbons (Fsp3) is 0.481. The number of amides is 1. The summed E-state index contributed by atoms with van der Waals surface area (Å²) in [6, 6.07) is 11.6. The Labute approximate surface area is 225 Å². The topological polar surface area (TPSA) is 99.6 Å². The van der Waals surface area contributed by atoms with Crippen molar-refractivity contribution in [2.45, 2.75) is 45.8 Å². The van der Waals surface area contributed by atoms with Gasteiger partial charge in [-0.05, 0) is 69.0 Å². The summed E-state index contributed by atoms with van der Waals surface area (Å²) in [7, 11) is 1.24. The predicted octanol–water partition coefficient (Wildman–Crippen LogP) is 4.24. The van der Waals surface area contributed by atoms with Gasteiger partial charge in [0.2, 0.25) is 0 Å². The highest BCUT2D eigenvalue weighted by Gasteiger charge is 2.26. The molecule has 0 spiro atoms. The number of aryl methyl sites for hydroxylation is 1. The Morgan fingerprint density at radius 3 is 2.42 bits per heavy atom. The fourth-order valence-corrected chi connectivity index (χ4v) is 4.77. The molecular formula is C27H36FN3O6S. The molecule has 0 aromatic heterocycles. The second-order valence-electron chi connectivity index (χ2n) is 10.1. The van der Waals surface area contributed by atoms with Crippen LogP contribution in [0.15, 0.2) is 42.5 Å². The number of halogens is 1. The van der Waals surface area contributed by atoms with E-state index in [1.165, 1.54) is 23.5 Å². The van der Waals surface area contributed by atoms with Gasteiger partial charge in [0.1, 0.15) is 11.4 Å². The van der Waals surface area contributed by atoms with Crippen LogP contribution in [0.5, 0.6) is 0 Å². The van der Waals surface area contributed by atoms with E-state index in [9.17, 15) is 22.7 Å². The summed E-state index contributed by atoms with van der Waals surface area (Å²) in [5.41, 5.74) is 1.59. The van der Waals surface area contributed by atoms with Gasteiger partial charge in [-0.1, -0.05) is 18.2 Å². The van der Waals surface area contributed by atoms with Crippen LogP contribution in [0.25, 0.3) is 0 Å². The molecule has 0 saturated carbocycles. The Hall–Kier alpha value is -3.02. The lowest BCUT2D eigenvalue weighted by Crippen LogP contribution is -2.49. The van der Waals surface area contributed by atoms with Gasteiger partial charge in [-0.2, -0.15) is 0 Å². The standard InChI is InChI=1S/C27H36FN3O6S/c1-27(2,3)37-26(33)30-15-13-29(14-16-30)19-20-7-5-9-23(17-20)31(38(34)35)12-6-8-21-10-11-22(18-24(21)28)25(32)36-4/h5,7,9-11,17-18H,6,8,12-16,19H2,1-4H3,(H,34,35). The number of ether oxygens (including phenoxy) is 2. The van der Waals surface area contributed by atoms with Crippen LogP contribution in [0.2, 0.25) is 0 Å². The minimum Gasteiger partial charge on any atom is -0.465 e. The molecule has 2 aromatic rings. The van der Waals surface area contributed by atoms with Crippen LogP contribution in [0, 0.1) is 5.82 Å². The van der Waals surface area contributed by atoms with E-state index < -0.39 is 28.7 Å². The van der Waals surface area contributed by atoms with Crippen LogP contribution in [-0.2, 0) is 33.7 Å². The molecule has 1 heterocycles. The van der Waals surface area contributed by atoms with E-state index in [1.807, 2.05) is 39.0 Å². The summed E-state index contributed by atoms with van der Waals surface area (Å²) in [5, 5.41) is 0. The van der Waals surface area contributed by atoms with E-state index in [0.717, 1.165) is 11.6 Å². The number of hydrogen-bond donors (Lipinski definition) is 1. The molecule has 11 heteroatoms. The normalized spacial score (nSPS) is 15.2. The average molecular weight is 550 g/mol. The monoisotopic (exact) mass is 549 g/mol. The van der Waals surface area contributed by atoms with Crippen LogP contribution in [0.3, 0.4) is 0 Å². The summed E-state index contributed by atoms with van der Waals surface area (Å²) in [4.78, 5) is 27.8. The van der Waals surface area contributed by atoms with Gasteiger partial charge >= 0.3 is 12.1 Å². The van der Waals surface area contributed by atoms with Gasteiger partial charge < -0.3 is 14.4 Å². The van der Waals surface area contributed by atoms with Crippen LogP contribution < -0.4 is 4.31 Å². The second-order valence-corrected chi connectivity index (χ2v) is 11.0. The number of anilines is 1. The third-order valence-electron chi connectivity index (χ3n) is 6.10. The van der Waals surface area contributed by atoms with Crippen molar-refractivity contribution in [3.8, 4) is 0 Å². The summed E-state index contributed by atoms with van der Waals surface area (Å²) >= 11 is -2.26. The highest BCUT2D eigenvalue weighted by atomic mass is 32.2. The van der Waals surface area contributed by atoms with Crippen molar-refractivity contribution < 1.29 is 32.2 Å². The van der Waals surface area contributed by atoms with E-state index in [0.29, 0.717) is 56.8 Å². The Morgan fingerprint density at radius 2 is 1.82 bits per heavy atom. The Bertz CT molecular complexity index is 1150. The third kappa shape index (κ3) is 8.50. The van der Waals surface area contributed by atoms with Gasteiger partial charge in [0.15, 0.2) is 0 Å². The molecule has 1 aliphatic heterocycles. The van der Waals surface area contributed by atoms with E-state index >= 15 is 0 Å². The summed E-state index contributed by atoms with van der Waals surface area (Å²) in [6.07, 6.45) is 0.458. The largest absolute Gasteiger partial charge is 0.465 e. The molecule has 0 radical (unpaired) electrons. The van der Waals surface area contributed by atoms with E-state index in [2.05, 4.69) is 9.64 Å². The zero-order valence-corrected chi connectivity index (χ0v) is 23.1. The third-order valence-corrected chi connectivity index (χ3v) is 6.87. The van der Waals surface area contributed by atoms with Crippen LogP contribution in [0.4, 0.5) is 14.9 Å². The highest BCUT2D eigenvalue weighted by Crippen LogP contribution is 2.21. The molecule has 1 atom stereocenters. The molecule has 1 unspecified atom stereocenters. The quantitative estimate of drug-likeness (QED) is 0.369. The summed E-state index contributed by atoms with van der Waals surface area (Å²) in [5.74, 6) is -1.12. The molecule has 1 saturated heterocycles. The molecule has 1 fully saturated rings. The highest BCUT2D eigenvalue weighted by molar-refractivity contribution is 7.80. The maximum absolute atomic E-state index is 14.4. The molecule has 9 nitrogen and oxygen atoms in total. The van der Waals surface area contributed by atoms with Crippen molar-refractivity contribution >= 4 is 29.0 Å². The molecule has 1 N–H and O–H groups in total. The van der Waals surface area contributed by atoms with Crippen molar-refractivity contribution in [1.82, 2.24) is 9.80 Å². The first-order chi connectivity index (χ1) is 18.0. The van der Waals surface area contributed by atoms with Gasteiger partial charge in [-0.15, -0.1) is 0 Å². The van der Waals surface area contributed by atoms with Gasteiger partial charge in [0.05, 0.1) is 18.4 Å². The molecule has 38 heavy (non-hydrogen) atoms. The molecule has 0 bridgehead atoms. The zero-order chi connectivity index (χ0) is 27.9. The van der Waals surface area contributed by atoms with E-state index in [1.54, 1.807) is 11.0 Å². The summed E-state index contributed by atoms with van der Waals surface area (Å²) < 4.78 is 47.9. The van der Waals surface area contributed by atoms with Crippen molar-refractivity contribution in [3.05, 3.63) is 65.0 Å². The molecule has 0 aliphatic carbocycles. The van der Waals surface area contributed by atoms with Crippen LogP contribution in [0.1, 0.15) is 48.7 Å². The number of benzene rings is 2. The molecule has 1 aliphatic rings. The first-order valence-corrected chi connectivity index (χ1v) is 13.6. The van der Waals surface area contributed by atoms with Gasteiger partial charge in [0, 0.05) is 39.3 Å². The van der Waals surface area contributed by atoms with E-state index in [4.69, 9.17) is 4.74 Å². The molecule has 2 aromatic carbocycles. The second kappa shape index (κ2) is 13.2. The Kier molecular flexibility index (Phi) is 10.2. The fourth-order valence-electron chi connectivity index (χ4n) is 4.19. The number of hydrogen-bond acceptors (Lipinski definition) is 6. The number of methoxy groups -OCH3 is 1. The first-order valence-electron chi connectivity index (χ1n) is 12.5. The number of carbonyl (C=O) groups is 2. The van der Waals surface area contributed by atoms with Crippen LogP contribution >= 0.6 is 0 Å². The maximum atomic E-state index is 14.4. The minimum atomic E-state index is -2.26. The number of nitrogens with zero attached hydrogens (tertiary/aromatic N) is 3. The summed E-state index contributed by atoms with van der Waals surface area (Å²) in [6.45, 7) is 8.94. The zero-order valence-electron chi connectivity index (χ0n) is 22.3. The lowest BCUT2D eigenvalue weighted by Gasteiger charge is -2.35. The lowest BCUT2D eigenvalue weighted by atomic mass is 10.1. The Balaban J connectivity index is 1.56. The number of carbonyl (C=O) groups excluding carboxylic acids is 2. The molecule has 3 rings (SSSR count). The Morgan fingerprint density at radius 1 is 1.11 bits per heavy atom. The molecule has 1 amide bonds. The maximum Gasteiger partial charge on any atom is 0.410 e. The van der Waals surface area contributed by atoms with Gasteiger partial charge in [-0.25, -0.2) is 18.2 Å². The van der Waals surface area contributed by atoms with E-state index in [-0.39, 0.29) is 18.2 Å². The molecule has 208 valence electrons. The number of piperazine rings is 1.